The van der Waals surface area contributed by atoms with Crippen LogP contribution < -0.4 is 4.90 Å². The van der Waals surface area contributed by atoms with E-state index in [9.17, 15) is 9.59 Å². The van der Waals surface area contributed by atoms with E-state index in [1.54, 1.807) is 36.0 Å². The molecule has 1 saturated heterocycles. The maximum atomic E-state index is 12.7. The largest absolute Gasteiger partial charge is 0.274 e. The van der Waals surface area contributed by atoms with Gasteiger partial charge in [0.15, 0.2) is 0 Å². The van der Waals surface area contributed by atoms with Crippen molar-refractivity contribution in [2.24, 2.45) is 0 Å². The molecule has 0 unspecified atom stereocenters. The highest BCUT2D eigenvalue weighted by Crippen LogP contribution is 2.30. The Labute approximate surface area is 174 Å². The molecule has 1 aliphatic rings. The van der Waals surface area contributed by atoms with Crippen LogP contribution in [0.1, 0.15) is 83.1 Å². The maximum absolute atomic E-state index is 12.7. The molecule has 0 spiro atoms. The number of anilines is 1. The molecule has 28 heavy (non-hydrogen) atoms. The molecule has 0 aromatic heterocycles. The van der Waals surface area contributed by atoms with Crippen molar-refractivity contribution in [2.75, 3.05) is 10.7 Å². The van der Waals surface area contributed by atoms with Crippen molar-refractivity contribution in [3.63, 3.8) is 0 Å². The molecule has 0 N–H and O–H groups in total. The molecule has 1 heterocycles. The minimum absolute atomic E-state index is 0.101. The third kappa shape index (κ3) is 7.02. The third-order valence-corrected chi connectivity index (χ3v) is 6.49. The fraction of sp³-hybridized carbons (Fsp3) is 0.583. The summed E-state index contributed by atoms with van der Waals surface area (Å²) >= 11 is 1.63. The molecule has 0 aliphatic carbocycles. The van der Waals surface area contributed by atoms with E-state index in [-0.39, 0.29) is 17.1 Å². The number of benzene rings is 1. The topological polar surface area (TPSA) is 37.4 Å². The fourth-order valence-electron chi connectivity index (χ4n) is 3.56. The molecule has 0 bridgehead atoms. The predicted molar refractivity (Wildman–Crippen MR) is 120 cm³/mol. The summed E-state index contributed by atoms with van der Waals surface area (Å²) in [6, 6.07) is 7.08. The summed E-state index contributed by atoms with van der Waals surface area (Å²) in [7, 11) is 0. The number of nitrogens with zero attached hydrogens (tertiary/aromatic N) is 1. The van der Waals surface area contributed by atoms with Crippen LogP contribution >= 0.6 is 11.8 Å². The van der Waals surface area contributed by atoms with Crippen LogP contribution in [-0.2, 0) is 9.59 Å². The Morgan fingerprint density at radius 3 is 2.32 bits per heavy atom. The SMILES string of the molecule is C#Cc1cccc(N2C(=O)C[C@@H](SCCCCCCCCCCCC)C2=O)c1. The lowest BCUT2D eigenvalue weighted by atomic mass is 10.1. The molecule has 1 aliphatic heterocycles. The Balaban J connectivity index is 1.63. The number of hydrogen-bond acceptors (Lipinski definition) is 3. The van der Waals surface area contributed by atoms with Crippen LogP contribution in [0.15, 0.2) is 24.3 Å². The van der Waals surface area contributed by atoms with Gasteiger partial charge in [-0.1, -0.05) is 76.7 Å². The van der Waals surface area contributed by atoms with Gasteiger partial charge in [-0.2, -0.15) is 0 Å². The van der Waals surface area contributed by atoms with Gasteiger partial charge in [0.2, 0.25) is 11.8 Å². The van der Waals surface area contributed by atoms with Gasteiger partial charge in [-0.3, -0.25) is 9.59 Å². The zero-order valence-electron chi connectivity index (χ0n) is 17.1. The van der Waals surface area contributed by atoms with E-state index < -0.39 is 0 Å². The van der Waals surface area contributed by atoms with Gasteiger partial charge < -0.3 is 0 Å². The van der Waals surface area contributed by atoms with Crippen molar-refractivity contribution in [1.29, 1.82) is 0 Å². The van der Waals surface area contributed by atoms with Crippen molar-refractivity contribution < 1.29 is 9.59 Å². The Bertz CT molecular complexity index is 679. The Hall–Kier alpha value is -1.73. The Morgan fingerprint density at radius 2 is 1.68 bits per heavy atom. The van der Waals surface area contributed by atoms with Crippen LogP contribution in [0, 0.1) is 12.3 Å². The molecule has 2 amide bonds. The highest BCUT2D eigenvalue weighted by molar-refractivity contribution is 8.00. The molecule has 4 heteroatoms. The Kier molecular flexibility index (Phi) is 10.2. The second-order valence-electron chi connectivity index (χ2n) is 7.51. The normalized spacial score (nSPS) is 16.6. The average Bonchev–Trinajstić information content (AvgIpc) is 2.99. The lowest BCUT2D eigenvalue weighted by molar-refractivity contribution is -0.121. The van der Waals surface area contributed by atoms with Crippen molar-refractivity contribution in [2.45, 2.75) is 82.8 Å². The van der Waals surface area contributed by atoms with Crippen LogP contribution in [0.2, 0.25) is 0 Å². The van der Waals surface area contributed by atoms with Crippen LogP contribution in [0.3, 0.4) is 0 Å². The lowest BCUT2D eigenvalue weighted by Crippen LogP contribution is -2.31. The standard InChI is InChI=1S/C24H33NO2S/c1-3-5-6-7-8-9-10-11-12-13-17-28-22-19-23(26)25(24(22)27)21-16-14-15-20(4-2)18-21/h2,14-16,18,22H,3,5-13,17,19H2,1H3/t22-/m1/s1. The molecule has 1 aromatic carbocycles. The quantitative estimate of drug-likeness (QED) is 0.233. The first-order chi connectivity index (χ1) is 13.7. The van der Waals surface area contributed by atoms with Crippen molar-refractivity contribution >= 4 is 29.3 Å². The monoisotopic (exact) mass is 399 g/mol. The molecule has 0 radical (unpaired) electrons. The summed E-state index contributed by atoms with van der Waals surface area (Å²) in [4.78, 5) is 26.3. The molecule has 3 nitrogen and oxygen atoms in total. The van der Waals surface area contributed by atoms with E-state index in [1.165, 1.54) is 62.7 Å². The smallest absolute Gasteiger partial charge is 0.247 e. The minimum atomic E-state index is -0.249. The van der Waals surface area contributed by atoms with Gasteiger partial charge in [-0.05, 0) is 30.4 Å². The van der Waals surface area contributed by atoms with E-state index in [1.807, 2.05) is 0 Å². The zero-order chi connectivity index (χ0) is 20.2. The average molecular weight is 400 g/mol. The first kappa shape index (κ1) is 22.6. The van der Waals surface area contributed by atoms with Crippen LogP contribution in [-0.4, -0.2) is 22.8 Å². The van der Waals surface area contributed by atoms with E-state index in [0.717, 1.165) is 12.2 Å². The molecule has 0 saturated carbocycles. The molecule has 2 rings (SSSR count). The summed E-state index contributed by atoms with van der Waals surface area (Å²) < 4.78 is 0. The highest BCUT2D eigenvalue weighted by Gasteiger charge is 2.39. The maximum Gasteiger partial charge on any atom is 0.247 e. The second-order valence-corrected chi connectivity index (χ2v) is 8.82. The van der Waals surface area contributed by atoms with Crippen LogP contribution in [0.25, 0.3) is 0 Å². The number of rotatable bonds is 13. The van der Waals surface area contributed by atoms with Gasteiger partial charge in [0, 0.05) is 12.0 Å². The molecule has 1 atom stereocenters. The van der Waals surface area contributed by atoms with Gasteiger partial charge >= 0.3 is 0 Å². The number of imide groups is 1. The Morgan fingerprint density at radius 1 is 1.04 bits per heavy atom. The first-order valence-corrected chi connectivity index (χ1v) is 11.8. The molecular formula is C24H33NO2S. The van der Waals surface area contributed by atoms with E-state index in [2.05, 4.69) is 12.8 Å². The predicted octanol–water partition coefficient (Wildman–Crippen LogP) is 5.95. The number of thioether (sulfide) groups is 1. The molecule has 1 aromatic rings. The summed E-state index contributed by atoms with van der Waals surface area (Å²) in [6.45, 7) is 2.25. The second kappa shape index (κ2) is 12.7. The third-order valence-electron chi connectivity index (χ3n) is 5.19. The molecule has 152 valence electrons. The van der Waals surface area contributed by atoms with Crippen molar-refractivity contribution in [3.05, 3.63) is 29.8 Å². The number of carbonyl (C=O) groups excluding carboxylic acids is 2. The summed E-state index contributed by atoms with van der Waals surface area (Å²) in [5.74, 6) is 3.27. The first-order valence-electron chi connectivity index (χ1n) is 10.7. The number of terminal acetylenes is 1. The number of hydrogen-bond donors (Lipinski definition) is 0. The van der Waals surface area contributed by atoms with Gasteiger partial charge in [-0.25, -0.2) is 4.90 Å². The number of carbonyl (C=O) groups is 2. The summed E-state index contributed by atoms with van der Waals surface area (Å²) in [5, 5.41) is -0.249. The van der Waals surface area contributed by atoms with E-state index in [0.29, 0.717) is 17.7 Å². The zero-order valence-corrected chi connectivity index (χ0v) is 17.9. The minimum Gasteiger partial charge on any atom is -0.274 e. The van der Waals surface area contributed by atoms with E-state index in [4.69, 9.17) is 6.42 Å². The van der Waals surface area contributed by atoms with Gasteiger partial charge in [0.25, 0.3) is 0 Å². The van der Waals surface area contributed by atoms with Gasteiger partial charge in [0.1, 0.15) is 0 Å². The highest BCUT2D eigenvalue weighted by atomic mass is 32.2. The van der Waals surface area contributed by atoms with Crippen LogP contribution in [0.4, 0.5) is 5.69 Å². The van der Waals surface area contributed by atoms with Crippen molar-refractivity contribution in [1.82, 2.24) is 0 Å². The fourth-order valence-corrected chi connectivity index (χ4v) is 4.72. The van der Waals surface area contributed by atoms with Crippen molar-refractivity contribution in [3.8, 4) is 12.3 Å². The lowest BCUT2D eigenvalue weighted by Gasteiger charge is -2.15. The molecule has 1 fully saturated rings. The van der Waals surface area contributed by atoms with Crippen LogP contribution in [0.5, 0.6) is 0 Å². The molecular weight excluding hydrogens is 366 g/mol. The van der Waals surface area contributed by atoms with Gasteiger partial charge in [0.05, 0.1) is 10.9 Å². The number of unbranched alkanes of at least 4 members (excludes halogenated alkanes) is 9. The summed E-state index contributed by atoms with van der Waals surface area (Å²) in [6.07, 6.45) is 18.8. The summed E-state index contributed by atoms with van der Waals surface area (Å²) in [5.41, 5.74) is 1.27. The number of amides is 2. The van der Waals surface area contributed by atoms with E-state index >= 15 is 0 Å². The van der Waals surface area contributed by atoms with Gasteiger partial charge in [-0.15, -0.1) is 18.2 Å².